The maximum atomic E-state index is 12.3. The minimum absolute atomic E-state index is 0.00338. The smallest absolute Gasteiger partial charge is 0.251 e. The average Bonchev–Trinajstić information content (AvgIpc) is 2.43. The van der Waals surface area contributed by atoms with E-state index in [1.54, 1.807) is 11.8 Å². The molecule has 1 rings (SSSR count). The number of benzene rings is 1. The maximum Gasteiger partial charge on any atom is 0.251 e. The van der Waals surface area contributed by atoms with Crippen LogP contribution in [0.2, 0.25) is 0 Å². The van der Waals surface area contributed by atoms with E-state index in [-0.39, 0.29) is 17.9 Å². The quantitative estimate of drug-likeness (QED) is 0.759. The molecule has 0 heterocycles. The standard InChI is InChI=1S/C16H25NO2S/c1-12-6-7-13(20-4)10-14(12)15(19)17-11-16(2,3)8-5-9-18/h6-7,10,18H,5,8-9,11H2,1-4H3,(H,17,19). The van der Waals surface area contributed by atoms with Gasteiger partial charge in [-0.05, 0) is 49.1 Å². The summed E-state index contributed by atoms with van der Waals surface area (Å²) < 4.78 is 0. The first-order valence-electron chi connectivity index (χ1n) is 6.93. The largest absolute Gasteiger partial charge is 0.396 e. The number of rotatable bonds is 7. The molecule has 0 fully saturated rings. The van der Waals surface area contributed by atoms with E-state index in [1.165, 1.54) is 0 Å². The van der Waals surface area contributed by atoms with E-state index in [4.69, 9.17) is 5.11 Å². The summed E-state index contributed by atoms with van der Waals surface area (Å²) in [5.41, 5.74) is 1.74. The van der Waals surface area contributed by atoms with E-state index in [0.717, 1.165) is 28.9 Å². The second kappa shape index (κ2) is 7.70. The Balaban J connectivity index is 2.67. The second-order valence-electron chi connectivity index (χ2n) is 5.85. The molecule has 112 valence electrons. The Morgan fingerprint density at radius 3 is 2.70 bits per heavy atom. The molecule has 20 heavy (non-hydrogen) atoms. The van der Waals surface area contributed by atoms with Gasteiger partial charge in [0.05, 0.1) is 0 Å². The molecule has 0 unspecified atom stereocenters. The minimum atomic E-state index is -0.0181. The van der Waals surface area contributed by atoms with E-state index in [0.29, 0.717) is 6.54 Å². The molecule has 0 saturated carbocycles. The van der Waals surface area contributed by atoms with E-state index < -0.39 is 0 Å². The van der Waals surface area contributed by atoms with Crippen LogP contribution in [0, 0.1) is 12.3 Å². The maximum absolute atomic E-state index is 12.3. The summed E-state index contributed by atoms with van der Waals surface area (Å²) in [6.45, 7) is 6.99. The van der Waals surface area contributed by atoms with Gasteiger partial charge >= 0.3 is 0 Å². The van der Waals surface area contributed by atoms with Crippen LogP contribution in [0.5, 0.6) is 0 Å². The number of amides is 1. The highest BCUT2D eigenvalue weighted by molar-refractivity contribution is 7.98. The Labute approximate surface area is 126 Å². The molecule has 1 aromatic rings. The number of nitrogens with one attached hydrogen (secondary N) is 1. The van der Waals surface area contributed by atoms with Crippen molar-refractivity contribution >= 4 is 17.7 Å². The fourth-order valence-corrected chi connectivity index (χ4v) is 2.47. The van der Waals surface area contributed by atoms with Crippen molar-refractivity contribution in [3.63, 3.8) is 0 Å². The van der Waals surface area contributed by atoms with Crippen LogP contribution in [0.4, 0.5) is 0 Å². The van der Waals surface area contributed by atoms with Crippen LogP contribution in [0.3, 0.4) is 0 Å². The van der Waals surface area contributed by atoms with Crippen molar-refractivity contribution in [2.75, 3.05) is 19.4 Å². The van der Waals surface area contributed by atoms with Crippen molar-refractivity contribution in [1.82, 2.24) is 5.32 Å². The van der Waals surface area contributed by atoms with Gasteiger partial charge in [-0.3, -0.25) is 4.79 Å². The lowest BCUT2D eigenvalue weighted by atomic mass is 9.88. The molecule has 0 spiro atoms. The molecule has 4 heteroatoms. The molecule has 0 aromatic heterocycles. The van der Waals surface area contributed by atoms with Crippen LogP contribution in [-0.4, -0.2) is 30.4 Å². The van der Waals surface area contributed by atoms with Crippen LogP contribution < -0.4 is 5.32 Å². The van der Waals surface area contributed by atoms with E-state index in [2.05, 4.69) is 19.2 Å². The molecule has 0 aliphatic rings. The van der Waals surface area contributed by atoms with Gasteiger partial charge in [-0.1, -0.05) is 19.9 Å². The highest BCUT2D eigenvalue weighted by Gasteiger charge is 2.19. The number of thioether (sulfide) groups is 1. The van der Waals surface area contributed by atoms with Gasteiger partial charge in [-0.25, -0.2) is 0 Å². The van der Waals surface area contributed by atoms with Crippen LogP contribution in [0.1, 0.15) is 42.6 Å². The molecular weight excluding hydrogens is 270 g/mol. The van der Waals surface area contributed by atoms with Gasteiger partial charge in [-0.2, -0.15) is 0 Å². The molecular formula is C16H25NO2S. The fourth-order valence-electron chi connectivity index (χ4n) is 2.03. The zero-order valence-electron chi connectivity index (χ0n) is 12.8. The lowest BCUT2D eigenvalue weighted by Gasteiger charge is -2.24. The monoisotopic (exact) mass is 295 g/mol. The number of carbonyl (C=O) groups excluding carboxylic acids is 1. The Kier molecular flexibility index (Phi) is 6.56. The SMILES string of the molecule is CSc1ccc(C)c(C(=O)NCC(C)(C)CCCO)c1. The summed E-state index contributed by atoms with van der Waals surface area (Å²) in [6.07, 6.45) is 3.67. The van der Waals surface area contributed by atoms with Gasteiger partial charge in [0.2, 0.25) is 0 Å². The topological polar surface area (TPSA) is 49.3 Å². The molecule has 3 nitrogen and oxygen atoms in total. The zero-order valence-corrected chi connectivity index (χ0v) is 13.6. The summed E-state index contributed by atoms with van der Waals surface area (Å²) in [4.78, 5) is 13.4. The van der Waals surface area contributed by atoms with Gasteiger partial charge in [0.25, 0.3) is 5.91 Å². The van der Waals surface area contributed by atoms with E-state index in [1.807, 2.05) is 31.4 Å². The van der Waals surface area contributed by atoms with E-state index >= 15 is 0 Å². The van der Waals surface area contributed by atoms with Gasteiger partial charge in [0.15, 0.2) is 0 Å². The van der Waals surface area contributed by atoms with Crippen LogP contribution in [-0.2, 0) is 0 Å². The molecule has 0 aliphatic carbocycles. The predicted molar refractivity (Wildman–Crippen MR) is 85.4 cm³/mol. The number of carbonyl (C=O) groups is 1. The molecule has 0 bridgehead atoms. The van der Waals surface area contributed by atoms with Crippen LogP contribution in [0.25, 0.3) is 0 Å². The number of aliphatic hydroxyl groups is 1. The predicted octanol–water partition coefficient (Wildman–Crippen LogP) is 3.25. The molecule has 0 atom stereocenters. The van der Waals surface area contributed by atoms with Crippen molar-refractivity contribution < 1.29 is 9.90 Å². The average molecular weight is 295 g/mol. The first-order valence-corrected chi connectivity index (χ1v) is 8.16. The van der Waals surface area contributed by atoms with Crippen molar-refractivity contribution in [1.29, 1.82) is 0 Å². The lowest BCUT2D eigenvalue weighted by molar-refractivity contribution is 0.0932. The van der Waals surface area contributed by atoms with Gasteiger partial charge in [0, 0.05) is 23.6 Å². The summed E-state index contributed by atoms with van der Waals surface area (Å²) in [5.74, 6) is -0.0181. The second-order valence-corrected chi connectivity index (χ2v) is 6.73. The molecule has 0 aliphatic heterocycles. The van der Waals surface area contributed by atoms with Gasteiger partial charge in [0.1, 0.15) is 0 Å². The molecule has 0 radical (unpaired) electrons. The molecule has 1 aromatic carbocycles. The number of hydrogen-bond donors (Lipinski definition) is 2. The van der Waals surface area contributed by atoms with Crippen LogP contribution in [0.15, 0.2) is 23.1 Å². The summed E-state index contributed by atoms with van der Waals surface area (Å²) >= 11 is 1.64. The van der Waals surface area contributed by atoms with Gasteiger partial charge in [-0.15, -0.1) is 11.8 Å². The van der Waals surface area contributed by atoms with Crippen molar-refractivity contribution in [2.45, 2.75) is 38.5 Å². The number of aryl methyl sites for hydroxylation is 1. The molecule has 1 amide bonds. The van der Waals surface area contributed by atoms with Crippen LogP contribution >= 0.6 is 11.8 Å². The molecule has 2 N–H and O–H groups in total. The Hall–Kier alpha value is -1.00. The third-order valence-corrected chi connectivity index (χ3v) is 4.15. The fraction of sp³-hybridized carbons (Fsp3) is 0.562. The number of hydrogen-bond acceptors (Lipinski definition) is 3. The Morgan fingerprint density at radius 1 is 1.40 bits per heavy atom. The first kappa shape index (κ1) is 17.1. The third kappa shape index (κ3) is 5.17. The summed E-state index contributed by atoms with van der Waals surface area (Å²) in [6, 6.07) is 5.95. The minimum Gasteiger partial charge on any atom is -0.396 e. The van der Waals surface area contributed by atoms with Gasteiger partial charge < -0.3 is 10.4 Å². The first-order chi connectivity index (χ1) is 9.39. The number of aliphatic hydroxyl groups excluding tert-OH is 1. The van der Waals surface area contributed by atoms with Crippen molar-refractivity contribution in [2.24, 2.45) is 5.41 Å². The summed E-state index contributed by atoms with van der Waals surface area (Å²) in [5, 5.41) is 11.9. The zero-order chi connectivity index (χ0) is 15.2. The van der Waals surface area contributed by atoms with Crippen molar-refractivity contribution in [3.05, 3.63) is 29.3 Å². The highest BCUT2D eigenvalue weighted by Crippen LogP contribution is 2.22. The van der Waals surface area contributed by atoms with E-state index in [9.17, 15) is 4.79 Å². The third-order valence-electron chi connectivity index (χ3n) is 3.43. The Morgan fingerprint density at radius 2 is 2.10 bits per heavy atom. The Bertz CT molecular complexity index is 458. The van der Waals surface area contributed by atoms with Crippen molar-refractivity contribution in [3.8, 4) is 0 Å². The summed E-state index contributed by atoms with van der Waals surface area (Å²) in [7, 11) is 0. The normalized spacial score (nSPS) is 11.4. The lowest BCUT2D eigenvalue weighted by Crippen LogP contribution is -2.34. The molecule has 0 saturated heterocycles. The highest BCUT2D eigenvalue weighted by atomic mass is 32.2.